The van der Waals surface area contributed by atoms with Gasteiger partial charge in [-0.1, -0.05) is 0 Å². The van der Waals surface area contributed by atoms with Crippen LogP contribution in [0.3, 0.4) is 0 Å². The zero-order valence-corrected chi connectivity index (χ0v) is 16.5. The molecule has 0 unspecified atom stereocenters. The Labute approximate surface area is 157 Å². The number of nitrogens with one attached hydrogen (secondary N) is 1. The summed E-state index contributed by atoms with van der Waals surface area (Å²) in [5.41, 5.74) is 0.400. The van der Waals surface area contributed by atoms with Crippen molar-refractivity contribution in [2.45, 2.75) is 13.1 Å². The first-order chi connectivity index (χ1) is 12.0. The molecule has 1 N–H and O–H groups in total. The SMILES string of the molecule is COc1cc2nc(CN(C)Cc3ccc(Br)s3)[nH]c(=O)c2cc1OC. The molecule has 0 bridgehead atoms. The van der Waals surface area contributed by atoms with E-state index in [-0.39, 0.29) is 5.56 Å². The van der Waals surface area contributed by atoms with Gasteiger partial charge in [0.15, 0.2) is 11.5 Å². The van der Waals surface area contributed by atoms with E-state index in [0.717, 1.165) is 10.3 Å². The van der Waals surface area contributed by atoms with Crippen LogP contribution in [0.15, 0.2) is 32.8 Å². The Hall–Kier alpha value is -1.90. The smallest absolute Gasteiger partial charge is 0.258 e. The lowest BCUT2D eigenvalue weighted by Crippen LogP contribution is -2.21. The average molecular weight is 424 g/mol. The van der Waals surface area contributed by atoms with Crippen LogP contribution in [0, 0.1) is 0 Å². The highest BCUT2D eigenvalue weighted by Gasteiger charge is 2.12. The number of aromatic amines is 1. The predicted molar refractivity (Wildman–Crippen MR) is 103 cm³/mol. The molecule has 0 spiro atoms. The summed E-state index contributed by atoms with van der Waals surface area (Å²) in [5, 5.41) is 0.478. The summed E-state index contributed by atoms with van der Waals surface area (Å²) in [6.07, 6.45) is 0. The summed E-state index contributed by atoms with van der Waals surface area (Å²) >= 11 is 5.16. The second kappa shape index (κ2) is 7.55. The van der Waals surface area contributed by atoms with Crippen LogP contribution < -0.4 is 15.0 Å². The van der Waals surface area contributed by atoms with Gasteiger partial charge in [-0.2, -0.15) is 0 Å². The maximum absolute atomic E-state index is 12.4. The van der Waals surface area contributed by atoms with Crippen LogP contribution >= 0.6 is 27.3 Å². The molecule has 1 aromatic carbocycles. The molecule has 0 atom stereocenters. The number of H-pyrrole nitrogens is 1. The molecule has 2 heterocycles. The van der Waals surface area contributed by atoms with Crippen LogP contribution in [-0.4, -0.2) is 36.1 Å². The van der Waals surface area contributed by atoms with E-state index in [4.69, 9.17) is 9.47 Å². The van der Waals surface area contributed by atoms with E-state index < -0.39 is 0 Å². The number of hydrogen-bond acceptors (Lipinski definition) is 6. The minimum atomic E-state index is -0.187. The van der Waals surface area contributed by atoms with Gasteiger partial charge >= 0.3 is 0 Å². The van der Waals surface area contributed by atoms with Gasteiger partial charge in [0.1, 0.15) is 5.82 Å². The molecule has 0 amide bonds. The average Bonchev–Trinajstić information content (AvgIpc) is 2.98. The van der Waals surface area contributed by atoms with E-state index in [2.05, 4.69) is 36.9 Å². The third-order valence-electron chi connectivity index (χ3n) is 3.73. The maximum atomic E-state index is 12.4. The summed E-state index contributed by atoms with van der Waals surface area (Å²) in [4.78, 5) is 23.2. The zero-order valence-electron chi connectivity index (χ0n) is 14.1. The van der Waals surface area contributed by atoms with Crippen molar-refractivity contribution < 1.29 is 9.47 Å². The highest BCUT2D eigenvalue weighted by atomic mass is 79.9. The molecule has 0 saturated heterocycles. The molecule has 25 heavy (non-hydrogen) atoms. The lowest BCUT2D eigenvalue weighted by Gasteiger charge is -2.15. The standard InChI is InChI=1S/C17H18BrN3O3S/c1-21(8-10-4-5-15(18)25-10)9-16-19-12-7-14(24-3)13(23-2)6-11(12)17(22)20-16/h4-7H,8-9H2,1-3H3,(H,19,20,22). The van der Waals surface area contributed by atoms with Crippen LogP contribution in [0.5, 0.6) is 11.5 Å². The molecule has 0 aliphatic rings. The molecule has 0 fully saturated rings. The van der Waals surface area contributed by atoms with Crippen LogP contribution in [-0.2, 0) is 13.1 Å². The zero-order chi connectivity index (χ0) is 18.0. The molecule has 0 saturated carbocycles. The monoisotopic (exact) mass is 423 g/mol. The van der Waals surface area contributed by atoms with Crippen molar-refractivity contribution in [2.24, 2.45) is 0 Å². The number of aromatic nitrogens is 2. The number of ether oxygens (including phenoxy) is 2. The lowest BCUT2D eigenvalue weighted by atomic mass is 10.2. The molecule has 3 rings (SSSR count). The minimum absolute atomic E-state index is 0.187. The van der Waals surface area contributed by atoms with Crippen molar-refractivity contribution in [2.75, 3.05) is 21.3 Å². The number of thiophene rings is 1. The summed E-state index contributed by atoms with van der Waals surface area (Å²) < 4.78 is 11.6. The molecule has 0 radical (unpaired) electrons. The second-order valence-corrected chi connectivity index (χ2v) is 8.16. The van der Waals surface area contributed by atoms with Crippen molar-refractivity contribution in [3.05, 3.63) is 49.1 Å². The normalized spacial score (nSPS) is 11.2. The molecular formula is C17H18BrN3O3S. The number of rotatable bonds is 6. The van der Waals surface area contributed by atoms with Crippen LogP contribution in [0.1, 0.15) is 10.7 Å². The van der Waals surface area contributed by atoms with Gasteiger partial charge in [-0.25, -0.2) is 4.98 Å². The van der Waals surface area contributed by atoms with Gasteiger partial charge in [0.2, 0.25) is 0 Å². The molecule has 6 nitrogen and oxygen atoms in total. The first kappa shape index (κ1) is 17.9. The van der Waals surface area contributed by atoms with Gasteiger partial charge < -0.3 is 14.5 Å². The summed E-state index contributed by atoms with van der Waals surface area (Å²) in [5.74, 6) is 1.68. The highest BCUT2D eigenvalue weighted by Crippen LogP contribution is 2.30. The lowest BCUT2D eigenvalue weighted by molar-refractivity contribution is 0.313. The van der Waals surface area contributed by atoms with Crippen molar-refractivity contribution in [3.63, 3.8) is 0 Å². The third kappa shape index (κ3) is 4.02. The Morgan fingerprint density at radius 3 is 2.56 bits per heavy atom. The largest absolute Gasteiger partial charge is 0.493 e. The molecule has 0 aliphatic carbocycles. The van der Waals surface area contributed by atoms with Gasteiger partial charge in [0.05, 0.1) is 35.5 Å². The Morgan fingerprint density at radius 2 is 1.92 bits per heavy atom. The second-order valence-electron chi connectivity index (χ2n) is 5.62. The van der Waals surface area contributed by atoms with Crippen molar-refractivity contribution >= 4 is 38.2 Å². The fraction of sp³-hybridized carbons (Fsp3) is 0.294. The number of methoxy groups -OCH3 is 2. The van der Waals surface area contributed by atoms with Crippen LogP contribution in [0.2, 0.25) is 0 Å². The molecule has 8 heteroatoms. The predicted octanol–water partition coefficient (Wildman–Crippen LogP) is 3.40. The summed E-state index contributed by atoms with van der Waals surface area (Å²) in [7, 11) is 5.09. The highest BCUT2D eigenvalue weighted by molar-refractivity contribution is 9.11. The molecule has 0 aliphatic heterocycles. The van der Waals surface area contributed by atoms with Crippen LogP contribution in [0.4, 0.5) is 0 Å². The number of hydrogen-bond donors (Lipinski definition) is 1. The molecule has 3 aromatic rings. The van der Waals surface area contributed by atoms with E-state index >= 15 is 0 Å². The van der Waals surface area contributed by atoms with Crippen molar-refractivity contribution in [1.82, 2.24) is 14.9 Å². The van der Waals surface area contributed by atoms with Gasteiger partial charge in [0.25, 0.3) is 5.56 Å². The number of benzene rings is 1. The van der Waals surface area contributed by atoms with Gasteiger partial charge in [-0.15, -0.1) is 11.3 Å². The topological polar surface area (TPSA) is 67.5 Å². The first-order valence-electron chi connectivity index (χ1n) is 7.58. The Bertz CT molecular complexity index is 954. The molecule has 132 valence electrons. The van der Waals surface area contributed by atoms with E-state index in [0.29, 0.717) is 34.8 Å². The van der Waals surface area contributed by atoms with Gasteiger partial charge in [-0.05, 0) is 41.2 Å². The van der Waals surface area contributed by atoms with Gasteiger partial charge in [0, 0.05) is 17.5 Å². The first-order valence-corrected chi connectivity index (χ1v) is 9.18. The van der Waals surface area contributed by atoms with Crippen molar-refractivity contribution in [3.8, 4) is 11.5 Å². The fourth-order valence-electron chi connectivity index (χ4n) is 2.60. The minimum Gasteiger partial charge on any atom is -0.493 e. The Morgan fingerprint density at radius 1 is 1.20 bits per heavy atom. The summed E-state index contributed by atoms with van der Waals surface area (Å²) in [6, 6.07) is 7.49. The number of halogens is 1. The summed E-state index contributed by atoms with van der Waals surface area (Å²) in [6.45, 7) is 1.32. The van der Waals surface area contributed by atoms with Crippen molar-refractivity contribution in [1.29, 1.82) is 0 Å². The van der Waals surface area contributed by atoms with E-state index in [1.807, 2.05) is 13.1 Å². The van der Waals surface area contributed by atoms with Crippen LogP contribution in [0.25, 0.3) is 10.9 Å². The van der Waals surface area contributed by atoms with E-state index in [1.54, 1.807) is 30.6 Å². The van der Waals surface area contributed by atoms with Gasteiger partial charge in [-0.3, -0.25) is 9.69 Å². The third-order valence-corrected chi connectivity index (χ3v) is 5.34. The molecular weight excluding hydrogens is 406 g/mol. The Balaban J connectivity index is 1.88. The fourth-order valence-corrected chi connectivity index (χ4v) is 4.17. The Kier molecular flexibility index (Phi) is 5.41. The van der Waals surface area contributed by atoms with E-state index in [1.165, 1.54) is 12.0 Å². The molecule has 2 aromatic heterocycles. The quantitative estimate of drug-likeness (QED) is 0.657. The number of fused-ring (bicyclic) bond motifs is 1. The van der Waals surface area contributed by atoms with E-state index in [9.17, 15) is 4.79 Å². The maximum Gasteiger partial charge on any atom is 0.258 e. The number of nitrogens with zero attached hydrogens (tertiary/aromatic N) is 2.